The van der Waals surface area contributed by atoms with Crippen molar-refractivity contribution < 1.29 is 4.74 Å². The van der Waals surface area contributed by atoms with Crippen LogP contribution in [0.3, 0.4) is 0 Å². The lowest BCUT2D eigenvalue weighted by Crippen LogP contribution is -2.45. The molecule has 1 fully saturated rings. The largest absolute Gasteiger partial charge is 0.457 e. The van der Waals surface area contributed by atoms with E-state index in [0.717, 1.165) is 24.6 Å². The van der Waals surface area contributed by atoms with Crippen LogP contribution in [0.15, 0.2) is 84.9 Å². The first-order valence-corrected chi connectivity index (χ1v) is 9.73. The molecular weight excluding hydrogens is 332 g/mol. The van der Waals surface area contributed by atoms with E-state index >= 15 is 0 Å². The summed E-state index contributed by atoms with van der Waals surface area (Å²) >= 11 is 0. The highest BCUT2D eigenvalue weighted by atomic mass is 16.5. The minimum Gasteiger partial charge on any atom is -0.457 e. The molecule has 3 aromatic carbocycles. The maximum atomic E-state index is 6.11. The van der Waals surface area contributed by atoms with Gasteiger partial charge in [0.2, 0.25) is 0 Å². The second-order valence-electron chi connectivity index (χ2n) is 6.99. The molecule has 0 radical (unpaired) electrons. The van der Waals surface area contributed by atoms with Gasteiger partial charge < -0.3 is 15.4 Å². The first-order valence-electron chi connectivity index (χ1n) is 9.73. The molecule has 27 heavy (non-hydrogen) atoms. The third kappa shape index (κ3) is 4.57. The predicted octanol–water partition coefficient (Wildman–Crippen LogP) is 5.06. The van der Waals surface area contributed by atoms with Crippen molar-refractivity contribution in [2.75, 3.05) is 6.54 Å². The van der Waals surface area contributed by atoms with Crippen LogP contribution in [-0.2, 0) is 6.54 Å². The predicted molar refractivity (Wildman–Crippen MR) is 110 cm³/mol. The fraction of sp³-hybridized carbons (Fsp3) is 0.250. The molecule has 4 rings (SSSR count). The van der Waals surface area contributed by atoms with Crippen LogP contribution in [0.2, 0.25) is 0 Å². The molecule has 3 heteroatoms. The van der Waals surface area contributed by atoms with Crippen LogP contribution in [-0.4, -0.2) is 12.6 Å². The summed E-state index contributed by atoms with van der Waals surface area (Å²) in [6.45, 7) is 1.87. The van der Waals surface area contributed by atoms with Crippen LogP contribution in [0.4, 0.5) is 0 Å². The molecule has 1 aliphatic heterocycles. The molecule has 0 amide bonds. The Labute approximate surface area is 161 Å². The number of hydrogen-bond donors (Lipinski definition) is 2. The van der Waals surface area contributed by atoms with E-state index in [2.05, 4.69) is 53.1 Å². The molecule has 2 atom stereocenters. The van der Waals surface area contributed by atoms with Gasteiger partial charge in [-0.25, -0.2) is 0 Å². The van der Waals surface area contributed by atoms with E-state index in [9.17, 15) is 0 Å². The number of hydrogen-bond acceptors (Lipinski definition) is 3. The lowest BCUT2D eigenvalue weighted by Gasteiger charge is -2.34. The summed E-state index contributed by atoms with van der Waals surface area (Å²) in [5.74, 6) is 1.78. The fourth-order valence-corrected chi connectivity index (χ4v) is 3.72. The van der Waals surface area contributed by atoms with Gasteiger partial charge in [0.1, 0.15) is 11.5 Å². The number of rotatable bonds is 6. The molecule has 0 bridgehead atoms. The zero-order chi connectivity index (χ0) is 18.3. The van der Waals surface area contributed by atoms with Crippen LogP contribution in [0.25, 0.3) is 0 Å². The van der Waals surface area contributed by atoms with Crippen LogP contribution in [0, 0.1) is 0 Å². The molecule has 2 N–H and O–H groups in total. The van der Waals surface area contributed by atoms with E-state index in [1.54, 1.807) is 0 Å². The topological polar surface area (TPSA) is 33.3 Å². The van der Waals surface area contributed by atoms with Gasteiger partial charge in [0, 0.05) is 24.2 Å². The Balaban J connectivity index is 1.46. The van der Waals surface area contributed by atoms with Crippen molar-refractivity contribution in [2.24, 2.45) is 0 Å². The summed E-state index contributed by atoms with van der Waals surface area (Å²) in [6.07, 6.45) is 2.37. The van der Waals surface area contributed by atoms with Crippen LogP contribution in [0.5, 0.6) is 11.5 Å². The van der Waals surface area contributed by atoms with Gasteiger partial charge in [0.25, 0.3) is 0 Å². The lowest BCUT2D eigenvalue weighted by molar-refractivity contribution is 0.303. The molecule has 0 aromatic heterocycles. The molecule has 1 saturated heterocycles. The summed E-state index contributed by atoms with van der Waals surface area (Å²) in [7, 11) is 0. The maximum absolute atomic E-state index is 6.11. The zero-order valence-corrected chi connectivity index (χ0v) is 15.5. The molecule has 1 aliphatic rings. The molecule has 0 aliphatic carbocycles. The van der Waals surface area contributed by atoms with E-state index < -0.39 is 0 Å². The Morgan fingerprint density at radius 3 is 2.37 bits per heavy atom. The van der Waals surface area contributed by atoms with Gasteiger partial charge in [-0.05, 0) is 43.1 Å². The smallest absolute Gasteiger partial charge is 0.131 e. The summed E-state index contributed by atoms with van der Waals surface area (Å²) < 4.78 is 6.11. The Bertz CT molecular complexity index is 835. The number of nitrogens with one attached hydrogen (secondary N) is 2. The van der Waals surface area contributed by atoms with E-state index in [0.29, 0.717) is 12.1 Å². The summed E-state index contributed by atoms with van der Waals surface area (Å²) in [4.78, 5) is 0. The normalized spacial score (nSPS) is 19.6. The maximum Gasteiger partial charge on any atom is 0.131 e. The molecular formula is C24H26N2O. The van der Waals surface area contributed by atoms with Crippen molar-refractivity contribution in [3.05, 3.63) is 96.1 Å². The van der Waals surface area contributed by atoms with Crippen molar-refractivity contribution in [2.45, 2.75) is 31.5 Å². The van der Waals surface area contributed by atoms with Gasteiger partial charge in [0.05, 0.1) is 0 Å². The van der Waals surface area contributed by atoms with Crippen LogP contribution in [0.1, 0.15) is 30.0 Å². The van der Waals surface area contributed by atoms with E-state index in [1.165, 1.54) is 24.0 Å². The SMILES string of the molecule is c1ccc(Oc2ccccc2CN[C@H]2CCCN[C@H]2c2ccccc2)cc1. The average molecular weight is 358 g/mol. The van der Waals surface area contributed by atoms with Crippen LogP contribution >= 0.6 is 0 Å². The Morgan fingerprint density at radius 2 is 1.56 bits per heavy atom. The third-order valence-electron chi connectivity index (χ3n) is 5.12. The average Bonchev–Trinajstić information content (AvgIpc) is 2.75. The van der Waals surface area contributed by atoms with Gasteiger partial charge in [-0.1, -0.05) is 66.7 Å². The highest BCUT2D eigenvalue weighted by molar-refractivity contribution is 5.37. The van der Waals surface area contributed by atoms with E-state index in [4.69, 9.17) is 4.74 Å². The van der Waals surface area contributed by atoms with Crippen LogP contribution < -0.4 is 15.4 Å². The van der Waals surface area contributed by atoms with E-state index in [-0.39, 0.29) is 0 Å². The summed E-state index contributed by atoms with van der Waals surface area (Å²) in [5, 5.41) is 7.45. The Kier molecular flexibility index (Phi) is 5.83. The molecule has 3 aromatic rings. The first-order chi connectivity index (χ1) is 13.4. The summed E-state index contributed by atoms with van der Waals surface area (Å²) in [5.41, 5.74) is 2.53. The quantitative estimate of drug-likeness (QED) is 0.646. The molecule has 0 unspecified atom stereocenters. The van der Waals surface area contributed by atoms with Crippen molar-refractivity contribution >= 4 is 0 Å². The van der Waals surface area contributed by atoms with Crippen molar-refractivity contribution in [1.82, 2.24) is 10.6 Å². The van der Waals surface area contributed by atoms with Crippen molar-refractivity contribution in [3.8, 4) is 11.5 Å². The van der Waals surface area contributed by atoms with Gasteiger partial charge in [-0.3, -0.25) is 0 Å². The van der Waals surface area contributed by atoms with Gasteiger partial charge in [-0.15, -0.1) is 0 Å². The number of ether oxygens (including phenoxy) is 1. The molecule has 3 nitrogen and oxygen atoms in total. The highest BCUT2D eigenvalue weighted by Crippen LogP contribution is 2.27. The third-order valence-corrected chi connectivity index (χ3v) is 5.12. The second kappa shape index (κ2) is 8.85. The molecule has 138 valence electrons. The fourth-order valence-electron chi connectivity index (χ4n) is 3.72. The van der Waals surface area contributed by atoms with Gasteiger partial charge in [-0.2, -0.15) is 0 Å². The monoisotopic (exact) mass is 358 g/mol. The Hall–Kier alpha value is -2.62. The summed E-state index contributed by atoms with van der Waals surface area (Å²) in [6, 6.07) is 29.7. The number of benzene rings is 3. The minimum absolute atomic E-state index is 0.349. The number of para-hydroxylation sites is 2. The number of piperidine rings is 1. The lowest BCUT2D eigenvalue weighted by atomic mass is 9.92. The standard InChI is InChI=1S/C24H26N2O/c1-3-10-19(11-4-1)24-22(15-9-17-25-24)26-18-20-12-7-8-16-23(20)27-21-13-5-2-6-14-21/h1-8,10-14,16,22,24-26H,9,15,17-18H2/t22-,24-/m0/s1. The van der Waals surface area contributed by atoms with Crippen molar-refractivity contribution in [3.63, 3.8) is 0 Å². The van der Waals surface area contributed by atoms with Crippen molar-refractivity contribution in [1.29, 1.82) is 0 Å². The van der Waals surface area contributed by atoms with Gasteiger partial charge in [0.15, 0.2) is 0 Å². The van der Waals surface area contributed by atoms with Gasteiger partial charge >= 0.3 is 0 Å². The molecule has 0 spiro atoms. The molecule has 0 saturated carbocycles. The zero-order valence-electron chi connectivity index (χ0n) is 15.5. The minimum atomic E-state index is 0.349. The van der Waals surface area contributed by atoms with E-state index in [1.807, 2.05) is 42.5 Å². The highest BCUT2D eigenvalue weighted by Gasteiger charge is 2.25. The Morgan fingerprint density at radius 1 is 0.852 bits per heavy atom. The second-order valence-corrected chi connectivity index (χ2v) is 6.99. The first kappa shape index (κ1) is 17.8. The molecule has 1 heterocycles.